The van der Waals surface area contributed by atoms with Crippen molar-refractivity contribution in [3.63, 3.8) is 0 Å². The molecule has 2 heteroatoms. The second kappa shape index (κ2) is 6.39. The lowest BCUT2D eigenvalue weighted by Gasteiger charge is -2.16. The van der Waals surface area contributed by atoms with Gasteiger partial charge in [0.25, 0.3) is 0 Å². The van der Waals surface area contributed by atoms with Crippen LogP contribution in [-0.2, 0) is 6.54 Å². The van der Waals surface area contributed by atoms with Crippen LogP contribution in [0.1, 0.15) is 18.9 Å². The van der Waals surface area contributed by atoms with Gasteiger partial charge in [0.1, 0.15) is 0 Å². The number of nitrogens with one attached hydrogen (secondary N) is 1. The molecule has 0 bridgehead atoms. The molecule has 1 rings (SSSR count). The van der Waals surface area contributed by atoms with Crippen LogP contribution in [0.25, 0.3) is 0 Å². The second-order valence-corrected chi connectivity index (χ2v) is 4.13. The average Bonchev–Trinajstić information content (AvgIpc) is 2.29. The maximum atomic E-state index is 6.07. The second-order valence-electron chi connectivity index (χ2n) is 3.72. The Morgan fingerprint density at radius 1 is 1.50 bits per heavy atom. The van der Waals surface area contributed by atoms with Crippen LogP contribution in [0.3, 0.4) is 0 Å². The Morgan fingerprint density at radius 2 is 2.19 bits per heavy atom. The highest BCUT2D eigenvalue weighted by molar-refractivity contribution is 6.31. The van der Waals surface area contributed by atoms with Crippen LogP contribution in [0.2, 0.25) is 5.02 Å². The molecule has 0 amide bonds. The van der Waals surface area contributed by atoms with Crippen molar-refractivity contribution < 1.29 is 0 Å². The van der Waals surface area contributed by atoms with Gasteiger partial charge in [-0.1, -0.05) is 49.4 Å². The molecule has 86 valence electrons. The largest absolute Gasteiger partial charge is 0.384 e. The van der Waals surface area contributed by atoms with Gasteiger partial charge in [-0.25, -0.2) is 0 Å². The maximum absolute atomic E-state index is 6.07. The Labute approximate surface area is 103 Å². The first-order chi connectivity index (χ1) is 7.69. The van der Waals surface area contributed by atoms with Gasteiger partial charge in [0.2, 0.25) is 0 Å². The first kappa shape index (κ1) is 12.9. The zero-order chi connectivity index (χ0) is 12.0. The number of benzene rings is 1. The summed E-state index contributed by atoms with van der Waals surface area (Å²) in [5.41, 5.74) is 2.08. The van der Waals surface area contributed by atoms with Crippen LogP contribution in [0, 0.1) is 5.92 Å². The lowest BCUT2D eigenvalue weighted by molar-refractivity contribution is 0.640. The van der Waals surface area contributed by atoms with Crippen LogP contribution >= 0.6 is 11.6 Å². The molecule has 1 aromatic rings. The van der Waals surface area contributed by atoms with Gasteiger partial charge < -0.3 is 5.32 Å². The predicted octanol–water partition coefficient (Wildman–Crippen LogP) is 4.16. The molecule has 16 heavy (non-hydrogen) atoms. The Bertz CT molecular complexity index is 371. The maximum Gasteiger partial charge on any atom is 0.0455 e. The van der Waals surface area contributed by atoms with E-state index >= 15 is 0 Å². The lowest BCUT2D eigenvalue weighted by Crippen LogP contribution is -2.17. The molecule has 0 radical (unpaired) electrons. The van der Waals surface area contributed by atoms with E-state index in [1.165, 1.54) is 0 Å². The van der Waals surface area contributed by atoms with Crippen LogP contribution in [0.5, 0.6) is 0 Å². The SMILES string of the molecule is C=CC(CC)C(=C)NCc1ccccc1Cl. The summed E-state index contributed by atoms with van der Waals surface area (Å²) in [6, 6.07) is 7.82. The van der Waals surface area contributed by atoms with E-state index in [0.29, 0.717) is 12.5 Å². The monoisotopic (exact) mass is 235 g/mol. The summed E-state index contributed by atoms with van der Waals surface area (Å²) < 4.78 is 0. The van der Waals surface area contributed by atoms with Crippen molar-refractivity contribution in [3.05, 3.63) is 59.8 Å². The fourth-order valence-corrected chi connectivity index (χ4v) is 1.74. The zero-order valence-electron chi connectivity index (χ0n) is 9.67. The molecule has 0 saturated heterocycles. The van der Waals surface area contributed by atoms with Gasteiger partial charge in [0, 0.05) is 23.2 Å². The molecule has 0 aromatic heterocycles. The van der Waals surface area contributed by atoms with Gasteiger partial charge in [-0.05, 0) is 18.1 Å². The fourth-order valence-electron chi connectivity index (χ4n) is 1.54. The molecule has 1 aromatic carbocycles. The normalized spacial score (nSPS) is 11.9. The van der Waals surface area contributed by atoms with Gasteiger partial charge in [0.05, 0.1) is 0 Å². The van der Waals surface area contributed by atoms with Crippen molar-refractivity contribution in [3.8, 4) is 0 Å². The average molecular weight is 236 g/mol. The van der Waals surface area contributed by atoms with Gasteiger partial charge in [0.15, 0.2) is 0 Å². The summed E-state index contributed by atoms with van der Waals surface area (Å²) in [6.07, 6.45) is 2.93. The molecule has 0 saturated carbocycles. The first-order valence-electron chi connectivity index (χ1n) is 5.47. The number of allylic oxidation sites excluding steroid dienone is 1. The molecular weight excluding hydrogens is 218 g/mol. The van der Waals surface area contributed by atoms with Crippen LogP contribution in [0.15, 0.2) is 49.2 Å². The molecule has 0 aliphatic rings. The molecule has 0 spiro atoms. The summed E-state index contributed by atoms with van der Waals surface area (Å²) in [4.78, 5) is 0. The lowest BCUT2D eigenvalue weighted by atomic mass is 10.0. The Balaban J connectivity index is 2.55. The van der Waals surface area contributed by atoms with Crippen LogP contribution in [0.4, 0.5) is 0 Å². The van der Waals surface area contributed by atoms with E-state index in [0.717, 1.165) is 22.7 Å². The van der Waals surface area contributed by atoms with Crippen molar-refractivity contribution in [1.29, 1.82) is 0 Å². The Kier molecular flexibility index (Phi) is 5.13. The molecule has 0 fully saturated rings. The van der Waals surface area contributed by atoms with Crippen molar-refractivity contribution in [2.24, 2.45) is 5.92 Å². The highest BCUT2D eigenvalue weighted by Crippen LogP contribution is 2.17. The zero-order valence-corrected chi connectivity index (χ0v) is 10.4. The quantitative estimate of drug-likeness (QED) is 0.731. The van der Waals surface area contributed by atoms with E-state index in [1.807, 2.05) is 30.3 Å². The summed E-state index contributed by atoms with van der Waals surface area (Å²) in [7, 11) is 0. The summed E-state index contributed by atoms with van der Waals surface area (Å²) in [5.74, 6) is 0.322. The molecule has 1 unspecified atom stereocenters. The van der Waals surface area contributed by atoms with Crippen molar-refractivity contribution >= 4 is 11.6 Å². The summed E-state index contributed by atoms with van der Waals surface area (Å²) in [5, 5.41) is 4.08. The molecule has 0 heterocycles. The molecule has 0 aliphatic carbocycles. The van der Waals surface area contributed by atoms with Crippen molar-refractivity contribution in [1.82, 2.24) is 5.32 Å². The standard InChI is InChI=1S/C14H18ClN/c1-4-12(5-2)11(3)16-10-13-8-6-7-9-14(13)15/h4,6-9,12,16H,1,3,5,10H2,2H3. The first-order valence-corrected chi connectivity index (χ1v) is 5.85. The minimum Gasteiger partial charge on any atom is -0.384 e. The Morgan fingerprint density at radius 3 is 2.75 bits per heavy atom. The highest BCUT2D eigenvalue weighted by atomic mass is 35.5. The number of halogens is 1. The summed E-state index contributed by atoms with van der Waals surface area (Å²) >= 11 is 6.07. The number of hydrogen-bond donors (Lipinski definition) is 1. The Hall–Kier alpha value is -1.21. The minimum atomic E-state index is 0.322. The van der Waals surface area contributed by atoms with Crippen LogP contribution < -0.4 is 5.32 Å². The van der Waals surface area contributed by atoms with Gasteiger partial charge >= 0.3 is 0 Å². The molecule has 0 aliphatic heterocycles. The smallest absolute Gasteiger partial charge is 0.0455 e. The van der Waals surface area contributed by atoms with Gasteiger partial charge in [-0.2, -0.15) is 0 Å². The van der Waals surface area contributed by atoms with E-state index in [9.17, 15) is 0 Å². The summed E-state index contributed by atoms with van der Waals surface area (Å²) in [6.45, 7) is 10.6. The molecule has 1 atom stereocenters. The van der Waals surface area contributed by atoms with E-state index in [4.69, 9.17) is 11.6 Å². The van der Waals surface area contributed by atoms with Gasteiger partial charge in [-0.15, -0.1) is 6.58 Å². The van der Waals surface area contributed by atoms with E-state index in [1.54, 1.807) is 0 Å². The van der Waals surface area contributed by atoms with E-state index < -0.39 is 0 Å². The third kappa shape index (κ3) is 3.42. The van der Waals surface area contributed by atoms with E-state index in [-0.39, 0.29) is 0 Å². The molecular formula is C14H18ClN. The number of hydrogen-bond acceptors (Lipinski definition) is 1. The highest BCUT2D eigenvalue weighted by Gasteiger charge is 2.06. The molecule has 1 N–H and O–H groups in total. The fraction of sp³-hybridized carbons (Fsp3) is 0.286. The number of rotatable bonds is 6. The molecule has 1 nitrogen and oxygen atoms in total. The third-order valence-electron chi connectivity index (χ3n) is 2.64. The van der Waals surface area contributed by atoms with Crippen molar-refractivity contribution in [2.75, 3.05) is 0 Å². The third-order valence-corrected chi connectivity index (χ3v) is 3.00. The van der Waals surface area contributed by atoms with E-state index in [2.05, 4.69) is 25.4 Å². The minimum absolute atomic E-state index is 0.322. The van der Waals surface area contributed by atoms with Crippen LogP contribution in [-0.4, -0.2) is 0 Å². The van der Waals surface area contributed by atoms with Gasteiger partial charge in [-0.3, -0.25) is 0 Å². The predicted molar refractivity (Wildman–Crippen MR) is 71.4 cm³/mol. The topological polar surface area (TPSA) is 12.0 Å². The van der Waals surface area contributed by atoms with Crippen molar-refractivity contribution in [2.45, 2.75) is 19.9 Å².